The van der Waals surface area contributed by atoms with E-state index in [1.54, 1.807) is 0 Å². The SMILES string of the molecule is C=Cc1cccc(CCC(C)C)c1. The highest BCUT2D eigenvalue weighted by Gasteiger charge is 1.96. The third-order valence-electron chi connectivity index (χ3n) is 2.20. The summed E-state index contributed by atoms with van der Waals surface area (Å²) in [5.41, 5.74) is 2.65. The molecule has 0 N–H and O–H groups in total. The summed E-state index contributed by atoms with van der Waals surface area (Å²) >= 11 is 0. The minimum Gasteiger partial charge on any atom is -0.0985 e. The van der Waals surface area contributed by atoms with E-state index in [0.29, 0.717) is 0 Å². The predicted octanol–water partition coefficient (Wildman–Crippen LogP) is 3.92. The zero-order valence-corrected chi connectivity index (χ0v) is 8.59. The maximum atomic E-state index is 3.77. The van der Waals surface area contributed by atoms with Crippen LogP contribution in [-0.4, -0.2) is 0 Å². The molecule has 1 aromatic carbocycles. The van der Waals surface area contributed by atoms with Gasteiger partial charge in [0.05, 0.1) is 0 Å². The molecule has 0 bridgehead atoms. The van der Waals surface area contributed by atoms with Crippen molar-refractivity contribution in [1.82, 2.24) is 0 Å². The third-order valence-corrected chi connectivity index (χ3v) is 2.20. The Hall–Kier alpha value is -1.04. The first-order valence-corrected chi connectivity index (χ1v) is 4.93. The highest BCUT2D eigenvalue weighted by Crippen LogP contribution is 2.11. The summed E-state index contributed by atoms with van der Waals surface area (Å²) in [6.07, 6.45) is 4.35. The van der Waals surface area contributed by atoms with E-state index < -0.39 is 0 Å². The molecule has 0 spiro atoms. The molecule has 0 fully saturated rings. The number of rotatable bonds is 4. The summed E-state index contributed by atoms with van der Waals surface area (Å²) in [6.45, 7) is 8.29. The summed E-state index contributed by atoms with van der Waals surface area (Å²) in [5.74, 6) is 0.785. The topological polar surface area (TPSA) is 0 Å². The first kappa shape index (κ1) is 10.0. The fourth-order valence-electron chi connectivity index (χ4n) is 1.33. The van der Waals surface area contributed by atoms with Crippen LogP contribution in [0.2, 0.25) is 0 Å². The molecule has 70 valence electrons. The summed E-state index contributed by atoms with van der Waals surface area (Å²) in [7, 11) is 0. The number of hydrogen-bond acceptors (Lipinski definition) is 0. The van der Waals surface area contributed by atoms with Gasteiger partial charge in [-0.15, -0.1) is 0 Å². The molecule has 0 radical (unpaired) electrons. The summed E-state index contributed by atoms with van der Waals surface area (Å²) in [4.78, 5) is 0. The summed E-state index contributed by atoms with van der Waals surface area (Å²) in [6, 6.07) is 8.60. The third kappa shape index (κ3) is 3.45. The van der Waals surface area contributed by atoms with Gasteiger partial charge >= 0.3 is 0 Å². The fourth-order valence-corrected chi connectivity index (χ4v) is 1.33. The Morgan fingerprint density at radius 1 is 1.38 bits per heavy atom. The van der Waals surface area contributed by atoms with Gasteiger partial charge in [0.1, 0.15) is 0 Å². The van der Waals surface area contributed by atoms with Crippen LogP contribution in [0, 0.1) is 5.92 Å². The molecule has 0 saturated carbocycles. The lowest BCUT2D eigenvalue weighted by Gasteiger charge is -2.05. The van der Waals surface area contributed by atoms with Crippen LogP contribution >= 0.6 is 0 Å². The van der Waals surface area contributed by atoms with Crippen LogP contribution in [0.5, 0.6) is 0 Å². The lowest BCUT2D eigenvalue weighted by Crippen LogP contribution is -1.92. The minimum atomic E-state index is 0.785. The Morgan fingerprint density at radius 3 is 2.77 bits per heavy atom. The van der Waals surface area contributed by atoms with Gasteiger partial charge in [-0.2, -0.15) is 0 Å². The van der Waals surface area contributed by atoms with Gasteiger partial charge in [0.2, 0.25) is 0 Å². The highest BCUT2D eigenvalue weighted by molar-refractivity contribution is 5.47. The molecule has 0 aliphatic rings. The average molecular weight is 174 g/mol. The van der Waals surface area contributed by atoms with Gasteiger partial charge in [-0.1, -0.05) is 50.8 Å². The Bertz CT molecular complexity index is 271. The van der Waals surface area contributed by atoms with E-state index in [9.17, 15) is 0 Å². The zero-order chi connectivity index (χ0) is 9.68. The van der Waals surface area contributed by atoms with Crippen molar-refractivity contribution in [3.8, 4) is 0 Å². The molecule has 0 nitrogen and oxygen atoms in total. The van der Waals surface area contributed by atoms with E-state index >= 15 is 0 Å². The van der Waals surface area contributed by atoms with E-state index in [1.165, 1.54) is 24.0 Å². The molecule has 0 heterocycles. The molecule has 1 aromatic rings. The van der Waals surface area contributed by atoms with Gasteiger partial charge in [-0.05, 0) is 29.9 Å². The molecule has 0 aliphatic heterocycles. The average Bonchev–Trinajstić information content (AvgIpc) is 2.15. The molecule has 13 heavy (non-hydrogen) atoms. The van der Waals surface area contributed by atoms with Crippen LogP contribution in [-0.2, 0) is 6.42 Å². The molecular formula is C13H18. The van der Waals surface area contributed by atoms with Gasteiger partial charge < -0.3 is 0 Å². The van der Waals surface area contributed by atoms with E-state index in [0.717, 1.165) is 5.92 Å². The number of hydrogen-bond donors (Lipinski definition) is 0. The van der Waals surface area contributed by atoms with Crippen LogP contribution in [0.3, 0.4) is 0 Å². The maximum Gasteiger partial charge on any atom is -0.0260 e. The number of benzene rings is 1. The lowest BCUT2D eigenvalue weighted by molar-refractivity contribution is 0.586. The summed E-state index contributed by atoms with van der Waals surface area (Å²) < 4.78 is 0. The van der Waals surface area contributed by atoms with Crippen LogP contribution in [0.1, 0.15) is 31.4 Å². The first-order chi connectivity index (χ1) is 6.22. The molecule has 1 rings (SSSR count). The van der Waals surface area contributed by atoms with Crippen molar-refractivity contribution < 1.29 is 0 Å². The van der Waals surface area contributed by atoms with Crippen molar-refractivity contribution in [3.05, 3.63) is 42.0 Å². The van der Waals surface area contributed by atoms with Crippen molar-refractivity contribution >= 4 is 6.08 Å². The number of aryl methyl sites for hydroxylation is 1. The Balaban J connectivity index is 2.61. The van der Waals surface area contributed by atoms with Crippen molar-refractivity contribution in [1.29, 1.82) is 0 Å². The molecule has 0 unspecified atom stereocenters. The standard InChI is InChI=1S/C13H18/c1-4-12-6-5-7-13(10-12)9-8-11(2)3/h4-7,10-11H,1,8-9H2,2-3H3. The smallest absolute Gasteiger partial charge is 0.0260 e. The Kier molecular flexibility index (Phi) is 3.75. The molecule has 0 aromatic heterocycles. The summed E-state index contributed by atoms with van der Waals surface area (Å²) in [5, 5.41) is 0. The van der Waals surface area contributed by atoms with Crippen LogP contribution < -0.4 is 0 Å². The van der Waals surface area contributed by atoms with Gasteiger partial charge in [0.15, 0.2) is 0 Å². The second kappa shape index (κ2) is 4.86. The van der Waals surface area contributed by atoms with Crippen molar-refractivity contribution in [2.24, 2.45) is 5.92 Å². The molecule has 0 aliphatic carbocycles. The molecule has 0 amide bonds. The van der Waals surface area contributed by atoms with Gasteiger partial charge in [0, 0.05) is 0 Å². The van der Waals surface area contributed by atoms with E-state index in [1.807, 2.05) is 6.08 Å². The predicted molar refractivity (Wildman–Crippen MR) is 59.7 cm³/mol. The quantitative estimate of drug-likeness (QED) is 0.649. The maximum absolute atomic E-state index is 3.77. The van der Waals surface area contributed by atoms with Crippen molar-refractivity contribution in [3.63, 3.8) is 0 Å². The van der Waals surface area contributed by atoms with Crippen LogP contribution in [0.25, 0.3) is 6.08 Å². The van der Waals surface area contributed by atoms with E-state index in [-0.39, 0.29) is 0 Å². The monoisotopic (exact) mass is 174 g/mol. The van der Waals surface area contributed by atoms with Crippen molar-refractivity contribution in [2.75, 3.05) is 0 Å². The first-order valence-electron chi connectivity index (χ1n) is 4.93. The van der Waals surface area contributed by atoms with E-state index in [2.05, 4.69) is 44.7 Å². The van der Waals surface area contributed by atoms with Crippen LogP contribution in [0.15, 0.2) is 30.8 Å². The van der Waals surface area contributed by atoms with Gasteiger partial charge in [-0.3, -0.25) is 0 Å². The zero-order valence-electron chi connectivity index (χ0n) is 8.59. The minimum absolute atomic E-state index is 0.785. The van der Waals surface area contributed by atoms with Gasteiger partial charge in [-0.25, -0.2) is 0 Å². The van der Waals surface area contributed by atoms with Crippen molar-refractivity contribution in [2.45, 2.75) is 26.7 Å². The van der Waals surface area contributed by atoms with Crippen LogP contribution in [0.4, 0.5) is 0 Å². The Morgan fingerprint density at radius 2 is 2.15 bits per heavy atom. The molecule has 0 saturated heterocycles. The Labute approximate surface area is 81.3 Å². The lowest BCUT2D eigenvalue weighted by atomic mass is 10.0. The van der Waals surface area contributed by atoms with E-state index in [4.69, 9.17) is 0 Å². The molecule has 0 atom stereocenters. The fraction of sp³-hybridized carbons (Fsp3) is 0.385. The second-order valence-corrected chi connectivity index (χ2v) is 3.88. The van der Waals surface area contributed by atoms with Gasteiger partial charge in [0.25, 0.3) is 0 Å². The largest absolute Gasteiger partial charge is 0.0985 e. The molecular weight excluding hydrogens is 156 g/mol. The normalized spacial score (nSPS) is 10.4. The second-order valence-electron chi connectivity index (χ2n) is 3.88. The molecule has 0 heteroatoms. The highest BCUT2D eigenvalue weighted by atomic mass is 14.0.